The van der Waals surface area contributed by atoms with Gasteiger partial charge in [0, 0.05) is 10.4 Å². The van der Waals surface area contributed by atoms with Crippen LogP contribution in [0, 0.1) is 5.92 Å². The SMILES string of the molecule is CC(C)C(NS(=O)(=O)C=Cc1ccccc1)C(=O)NCCOc1ccc(Cl)cc1. The summed E-state index contributed by atoms with van der Waals surface area (Å²) in [6.45, 7) is 4.04. The van der Waals surface area contributed by atoms with Crippen LogP contribution in [0.2, 0.25) is 5.02 Å². The lowest BCUT2D eigenvalue weighted by atomic mass is 10.1. The Labute approximate surface area is 177 Å². The topological polar surface area (TPSA) is 84.5 Å². The molecule has 0 aliphatic rings. The van der Waals surface area contributed by atoms with Crippen LogP contribution in [0.4, 0.5) is 0 Å². The van der Waals surface area contributed by atoms with Crippen LogP contribution in [0.25, 0.3) is 6.08 Å². The molecule has 0 saturated heterocycles. The van der Waals surface area contributed by atoms with E-state index in [2.05, 4.69) is 10.0 Å². The molecule has 2 N–H and O–H groups in total. The Balaban J connectivity index is 1.87. The number of hydrogen-bond acceptors (Lipinski definition) is 4. The first-order valence-electron chi connectivity index (χ1n) is 9.18. The maximum atomic E-state index is 12.5. The van der Waals surface area contributed by atoms with Crippen molar-refractivity contribution in [1.29, 1.82) is 0 Å². The normalized spacial score (nSPS) is 12.8. The third kappa shape index (κ3) is 8.27. The van der Waals surface area contributed by atoms with Crippen LogP contribution in [0.3, 0.4) is 0 Å². The van der Waals surface area contributed by atoms with Gasteiger partial charge in [0.2, 0.25) is 15.9 Å². The zero-order valence-corrected chi connectivity index (χ0v) is 17.9. The predicted molar refractivity (Wildman–Crippen MR) is 116 cm³/mol. The fourth-order valence-corrected chi connectivity index (χ4v) is 3.70. The molecule has 0 aliphatic carbocycles. The molecule has 1 unspecified atom stereocenters. The van der Waals surface area contributed by atoms with Gasteiger partial charge in [-0.15, -0.1) is 0 Å². The molecule has 0 heterocycles. The highest BCUT2D eigenvalue weighted by atomic mass is 35.5. The van der Waals surface area contributed by atoms with Crippen molar-refractivity contribution >= 4 is 33.6 Å². The summed E-state index contributed by atoms with van der Waals surface area (Å²) in [5.41, 5.74) is 0.753. The number of amides is 1. The van der Waals surface area contributed by atoms with Crippen LogP contribution < -0.4 is 14.8 Å². The van der Waals surface area contributed by atoms with E-state index in [0.29, 0.717) is 10.8 Å². The standard InChI is InChI=1S/C21H25ClN2O4S/c1-16(2)20(24-29(26,27)15-12-17-6-4-3-5-7-17)21(25)23-13-14-28-19-10-8-18(22)9-11-19/h3-12,15-16,20,24H,13-14H2,1-2H3,(H,23,25). The quantitative estimate of drug-likeness (QED) is 0.558. The number of carbonyl (C=O) groups is 1. The minimum atomic E-state index is -3.78. The maximum Gasteiger partial charge on any atom is 0.238 e. The number of carbonyl (C=O) groups excluding carboxylic acids is 1. The Bertz CT molecular complexity index is 913. The Morgan fingerprint density at radius 1 is 1.10 bits per heavy atom. The van der Waals surface area contributed by atoms with Gasteiger partial charge in [-0.25, -0.2) is 8.42 Å². The van der Waals surface area contributed by atoms with Gasteiger partial charge < -0.3 is 10.1 Å². The molecule has 0 spiro atoms. The summed E-state index contributed by atoms with van der Waals surface area (Å²) in [6, 6.07) is 15.0. The van der Waals surface area contributed by atoms with Crippen LogP contribution in [0.15, 0.2) is 60.0 Å². The first kappa shape index (κ1) is 22.9. The highest BCUT2D eigenvalue weighted by Crippen LogP contribution is 2.15. The molecular weight excluding hydrogens is 412 g/mol. The van der Waals surface area contributed by atoms with Gasteiger partial charge in [0.1, 0.15) is 18.4 Å². The van der Waals surface area contributed by atoms with E-state index in [-0.39, 0.29) is 19.1 Å². The average molecular weight is 437 g/mol. The van der Waals surface area contributed by atoms with Crippen LogP contribution in [0.1, 0.15) is 19.4 Å². The lowest BCUT2D eigenvalue weighted by Crippen LogP contribution is -2.49. The smallest absolute Gasteiger partial charge is 0.238 e. The molecule has 6 nitrogen and oxygen atoms in total. The van der Waals surface area contributed by atoms with E-state index in [9.17, 15) is 13.2 Å². The van der Waals surface area contributed by atoms with Gasteiger partial charge in [0.05, 0.1) is 6.54 Å². The number of halogens is 1. The molecule has 156 valence electrons. The van der Waals surface area contributed by atoms with Crippen molar-refractivity contribution in [2.75, 3.05) is 13.2 Å². The Hall–Kier alpha value is -2.35. The molecule has 2 rings (SSSR count). The number of rotatable bonds is 10. The molecule has 29 heavy (non-hydrogen) atoms. The van der Waals surface area contributed by atoms with Crippen molar-refractivity contribution < 1.29 is 17.9 Å². The molecule has 0 radical (unpaired) electrons. The molecule has 0 saturated carbocycles. The van der Waals surface area contributed by atoms with E-state index >= 15 is 0 Å². The largest absolute Gasteiger partial charge is 0.492 e. The Morgan fingerprint density at radius 3 is 2.38 bits per heavy atom. The fraction of sp³-hybridized carbons (Fsp3) is 0.286. The minimum Gasteiger partial charge on any atom is -0.492 e. The van der Waals surface area contributed by atoms with Gasteiger partial charge >= 0.3 is 0 Å². The van der Waals surface area contributed by atoms with Gasteiger partial charge in [0.15, 0.2) is 0 Å². The van der Waals surface area contributed by atoms with Crippen LogP contribution in [0.5, 0.6) is 5.75 Å². The van der Waals surface area contributed by atoms with E-state index in [1.807, 2.05) is 18.2 Å². The van der Waals surface area contributed by atoms with Crippen molar-refractivity contribution in [2.45, 2.75) is 19.9 Å². The summed E-state index contributed by atoms with van der Waals surface area (Å²) in [5, 5.41) is 4.38. The summed E-state index contributed by atoms with van der Waals surface area (Å²) in [6.07, 6.45) is 1.48. The van der Waals surface area contributed by atoms with Crippen molar-refractivity contribution in [3.63, 3.8) is 0 Å². The number of ether oxygens (including phenoxy) is 1. The van der Waals surface area contributed by atoms with Crippen molar-refractivity contribution in [1.82, 2.24) is 10.0 Å². The summed E-state index contributed by atoms with van der Waals surface area (Å²) >= 11 is 5.82. The highest BCUT2D eigenvalue weighted by molar-refractivity contribution is 7.92. The molecule has 1 amide bonds. The molecule has 0 aliphatic heterocycles. The van der Waals surface area contributed by atoms with Gasteiger partial charge in [-0.2, -0.15) is 4.72 Å². The number of benzene rings is 2. The van der Waals surface area contributed by atoms with E-state index in [0.717, 1.165) is 11.0 Å². The van der Waals surface area contributed by atoms with Gasteiger partial charge in [0.25, 0.3) is 0 Å². The molecule has 8 heteroatoms. The summed E-state index contributed by atoms with van der Waals surface area (Å²) in [5.74, 6) is -0.000661. The summed E-state index contributed by atoms with van der Waals surface area (Å²) in [4.78, 5) is 12.5. The third-order valence-electron chi connectivity index (χ3n) is 3.96. The molecule has 2 aromatic carbocycles. The van der Waals surface area contributed by atoms with Crippen molar-refractivity contribution in [3.05, 3.63) is 70.6 Å². The Morgan fingerprint density at radius 2 is 1.76 bits per heavy atom. The summed E-state index contributed by atoms with van der Waals surface area (Å²) < 4.78 is 32.7. The molecule has 0 aromatic heterocycles. The fourth-order valence-electron chi connectivity index (χ4n) is 2.42. The average Bonchev–Trinajstić information content (AvgIpc) is 2.70. The molecule has 0 fully saturated rings. The van der Waals surface area contributed by atoms with Gasteiger partial charge in [-0.3, -0.25) is 4.79 Å². The second-order valence-corrected chi connectivity index (χ2v) is 8.73. The first-order chi connectivity index (χ1) is 13.8. The lowest BCUT2D eigenvalue weighted by Gasteiger charge is -2.20. The van der Waals surface area contributed by atoms with E-state index in [1.54, 1.807) is 50.2 Å². The number of sulfonamides is 1. The van der Waals surface area contributed by atoms with E-state index in [4.69, 9.17) is 16.3 Å². The minimum absolute atomic E-state index is 0.230. The number of nitrogens with one attached hydrogen (secondary N) is 2. The molecular formula is C21H25ClN2O4S. The monoisotopic (exact) mass is 436 g/mol. The maximum absolute atomic E-state index is 12.5. The second kappa shape index (κ2) is 11.0. The highest BCUT2D eigenvalue weighted by Gasteiger charge is 2.26. The van der Waals surface area contributed by atoms with Crippen LogP contribution >= 0.6 is 11.6 Å². The third-order valence-corrected chi connectivity index (χ3v) is 5.29. The van der Waals surface area contributed by atoms with E-state index in [1.165, 1.54) is 6.08 Å². The lowest BCUT2D eigenvalue weighted by molar-refractivity contribution is -0.123. The summed E-state index contributed by atoms with van der Waals surface area (Å²) in [7, 11) is -3.78. The zero-order chi connectivity index (χ0) is 21.3. The van der Waals surface area contributed by atoms with Gasteiger partial charge in [-0.1, -0.05) is 55.8 Å². The molecule has 0 bridgehead atoms. The zero-order valence-electron chi connectivity index (χ0n) is 16.3. The molecule has 1 atom stereocenters. The van der Waals surface area contributed by atoms with Crippen LogP contribution in [-0.4, -0.2) is 33.5 Å². The Kier molecular flexibility index (Phi) is 8.70. The number of hydrogen-bond donors (Lipinski definition) is 2. The van der Waals surface area contributed by atoms with Crippen LogP contribution in [-0.2, 0) is 14.8 Å². The molecule has 2 aromatic rings. The van der Waals surface area contributed by atoms with Crippen molar-refractivity contribution in [3.8, 4) is 5.75 Å². The predicted octanol–water partition coefficient (Wildman–Crippen LogP) is 3.45. The van der Waals surface area contributed by atoms with Gasteiger partial charge in [-0.05, 0) is 41.8 Å². The first-order valence-corrected chi connectivity index (χ1v) is 11.1. The second-order valence-electron chi connectivity index (χ2n) is 6.69. The van der Waals surface area contributed by atoms with E-state index < -0.39 is 22.0 Å². The van der Waals surface area contributed by atoms with Crippen molar-refractivity contribution in [2.24, 2.45) is 5.92 Å².